The van der Waals surface area contributed by atoms with Crippen LogP contribution in [0.4, 0.5) is 0 Å². The maximum atomic E-state index is 13.0. The van der Waals surface area contributed by atoms with Crippen LogP contribution in [0.2, 0.25) is 0 Å². The lowest BCUT2D eigenvalue weighted by atomic mass is 10.0. The molecule has 2 aromatic carbocycles. The van der Waals surface area contributed by atoms with Crippen molar-refractivity contribution in [2.75, 3.05) is 6.54 Å². The minimum atomic E-state index is -0.202. The van der Waals surface area contributed by atoms with E-state index in [0.717, 1.165) is 37.6 Å². The van der Waals surface area contributed by atoms with Gasteiger partial charge in [-0.2, -0.15) is 0 Å². The number of H-pyrrole nitrogens is 1. The SMILES string of the molecule is O=C(c1cc2ccccc2c(=O)[nH]1)N1CCCC1CCc1ccccc1. The van der Waals surface area contributed by atoms with Gasteiger partial charge in [0.1, 0.15) is 5.69 Å². The molecular weight excluding hydrogens is 324 g/mol. The van der Waals surface area contributed by atoms with Crippen LogP contribution in [0.15, 0.2) is 65.5 Å². The molecule has 3 aromatic rings. The zero-order valence-corrected chi connectivity index (χ0v) is 14.7. The Hall–Kier alpha value is -2.88. The fourth-order valence-corrected chi connectivity index (χ4v) is 3.86. The Morgan fingerprint density at radius 1 is 1.08 bits per heavy atom. The first kappa shape index (κ1) is 16.6. The number of pyridine rings is 1. The number of carbonyl (C=O) groups is 1. The van der Waals surface area contributed by atoms with Crippen molar-refractivity contribution in [3.8, 4) is 0 Å². The van der Waals surface area contributed by atoms with E-state index in [4.69, 9.17) is 0 Å². The lowest BCUT2D eigenvalue weighted by Gasteiger charge is -2.25. The number of hydrogen-bond acceptors (Lipinski definition) is 2. The number of aromatic amines is 1. The van der Waals surface area contributed by atoms with Crippen LogP contribution >= 0.6 is 0 Å². The Kier molecular flexibility index (Phi) is 4.57. The number of likely N-dealkylation sites (tertiary alicyclic amines) is 1. The molecular formula is C22H22N2O2. The van der Waals surface area contributed by atoms with E-state index in [1.807, 2.05) is 41.3 Å². The van der Waals surface area contributed by atoms with Crippen molar-refractivity contribution >= 4 is 16.7 Å². The molecule has 2 heterocycles. The molecule has 0 spiro atoms. The molecule has 0 saturated carbocycles. The second-order valence-electron chi connectivity index (χ2n) is 6.92. The summed E-state index contributed by atoms with van der Waals surface area (Å²) in [4.78, 5) is 30.0. The summed E-state index contributed by atoms with van der Waals surface area (Å²) in [7, 11) is 0. The lowest BCUT2D eigenvalue weighted by Crippen LogP contribution is -2.37. The van der Waals surface area contributed by atoms with Crippen LogP contribution in [0.3, 0.4) is 0 Å². The quantitative estimate of drug-likeness (QED) is 0.782. The third-order valence-corrected chi connectivity index (χ3v) is 5.23. The fourth-order valence-electron chi connectivity index (χ4n) is 3.86. The number of nitrogens with one attached hydrogen (secondary N) is 1. The molecule has 1 saturated heterocycles. The molecule has 0 bridgehead atoms. The zero-order chi connectivity index (χ0) is 17.9. The Balaban J connectivity index is 1.54. The van der Waals surface area contributed by atoms with Gasteiger partial charge in [0, 0.05) is 18.0 Å². The molecule has 1 unspecified atom stereocenters. The Labute approximate surface area is 152 Å². The van der Waals surface area contributed by atoms with Crippen LogP contribution in [0, 0.1) is 0 Å². The van der Waals surface area contributed by atoms with Gasteiger partial charge in [-0.05, 0) is 48.8 Å². The second kappa shape index (κ2) is 7.16. The number of fused-ring (bicyclic) bond motifs is 1. The van der Waals surface area contributed by atoms with E-state index in [1.165, 1.54) is 5.56 Å². The molecule has 4 nitrogen and oxygen atoms in total. The highest BCUT2D eigenvalue weighted by Crippen LogP contribution is 2.24. The standard InChI is InChI=1S/C22H22N2O2/c25-21-19-11-5-4-9-17(19)15-20(23-21)22(26)24-14-6-10-18(24)13-12-16-7-2-1-3-8-16/h1-5,7-9,11,15,18H,6,10,12-14H2,(H,23,25). The van der Waals surface area contributed by atoms with E-state index in [-0.39, 0.29) is 17.5 Å². The number of rotatable bonds is 4. The van der Waals surface area contributed by atoms with Gasteiger partial charge >= 0.3 is 0 Å². The largest absolute Gasteiger partial charge is 0.334 e. The van der Waals surface area contributed by atoms with Crippen LogP contribution in [-0.4, -0.2) is 28.4 Å². The molecule has 1 aliphatic rings. The van der Waals surface area contributed by atoms with Gasteiger partial charge in [0.05, 0.1) is 0 Å². The number of nitrogens with zero attached hydrogens (tertiary/aromatic N) is 1. The summed E-state index contributed by atoms with van der Waals surface area (Å²) in [5, 5.41) is 1.42. The third kappa shape index (κ3) is 3.27. The van der Waals surface area contributed by atoms with Gasteiger partial charge in [-0.3, -0.25) is 9.59 Å². The molecule has 1 aromatic heterocycles. The highest BCUT2D eigenvalue weighted by Gasteiger charge is 2.29. The van der Waals surface area contributed by atoms with Gasteiger partial charge in [0.15, 0.2) is 0 Å². The fraction of sp³-hybridized carbons (Fsp3) is 0.273. The average Bonchev–Trinajstić information content (AvgIpc) is 3.15. The first-order valence-electron chi connectivity index (χ1n) is 9.19. The topological polar surface area (TPSA) is 53.2 Å². The van der Waals surface area contributed by atoms with Crippen molar-refractivity contribution in [3.05, 3.63) is 82.3 Å². The highest BCUT2D eigenvalue weighted by molar-refractivity contribution is 5.96. The molecule has 1 atom stereocenters. The van der Waals surface area contributed by atoms with Crippen LogP contribution in [0.25, 0.3) is 10.8 Å². The summed E-state index contributed by atoms with van der Waals surface area (Å²) >= 11 is 0. The molecule has 1 fully saturated rings. The number of aryl methyl sites for hydroxylation is 1. The first-order valence-corrected chi connectivity index (χ1v) is 9.19. The zero-order valence-electron chi connectivity index (χ0n) is 14.7. The number of amides is 1. The van der Waals surface area contributed by atoms with Crippen molar-refractivity contribution in [1.82, 2.24) is 9.88 Å². The summed E-state index contributed by atoms with van der Waals surface area (Å²) in [6.07, 6.45) is 3.95. The number of hydrogen-bond donors (Lipinski definition) is 1. The van der Waals surface area contributed by atoms with Crippen LogP contribution in [0.1, 0.15) is 35.3 Å². The summed E-state index contributed by atoms with van der Waals surface area (Å²) in [6, 6.07) is 19.8. The molecule has 0 aliphatic carbocycles. The van der Waals surface area contributed by atoms with Crippen LogP contribution < -0.4 is 5.56 Å². The number of benzene rings is 2. The summed E-state index contributed by atoms with van der Waals surface area (Å²) in [5.41, 5.74) is 1.48. The highest BCUT2D eigenvalue weighted by atomic mass is 16.2. The molecule has 132 valence electrons. The van der Waals surface area contributed by atoms with E-state index in [1.54, 1.807) is 12.1 Å². The first-order chi connectivity index (χ1) is 12.7. The van der Waals surface area contributed by atoms with Crippen molar-refractivity contribution in [2.24, 2.45) is 0 Å². The van der Waals surface area contributed by atoms with E-state index in [9.17, 15) is 9.59 Å². The minimum absolute atomic E-state index is 0.0663. The van der Waals surface area contributed by atoms with Crippen molar-refractivity contribution in [2.45, 2.75) is 31.7 Å². The predicted molar refractivity (Wildman–Crippen MR) is 103 cm³/mol. The molecule has 26 heavy (non-hydrogen) atoms. The van der Waals surface area contributed by atoms with Gasteiger partial charge in [-0.1, -0.05) is 48.5 Å². The van der Waals surface area contributed by atoms with E-state index >= 15 is 0 Å². The maximum Gasteiger partial charge on any atom is 0.270 e. The molecule has 4 rings (SSSR count). The Morgan fingerprint density at radius 3 is 2.69 bits per heavy atom. The molecule has 1 N–H and O–H groups in total. The normalized spacial score (nSPS) is 16.9. The number of aromatic nitrogens is 1. The Bertz CT molecular complexity index is 978. The Morgan fingerprint density at radius 2 is 1.85 bits per heavy atom. The monoisotopic (exact) mass is 346 g/mol. The summed E-state index contributed by atoms with van der Waals surface area (Å²) < 4.78 is 0. The van der Waals surface area contributed by atoms with E-state index < -0.39 is 0 Å². The van der Waals surface area contributed by atoms with Crippen molar-refractivity contribution in [3.63, 3.8) is 0 Å². The van der Waals surface area contributed by atoms with Gasteiger partial charge in [-0.25, -0.2) is 0 Å². The molecule has 0 radical (unpaired) electrons. The molecule has 1 amide bonds. The average molecular weight is 346 g/mol. The van der Waals surface area contributed by atoms with Gasteiger partial charge in [-0.15, -0.1) is 0 Å². The second-order valence-corrected chi connectivity index (χ2v) is 6.92. The van der Waals surface area contributed by atoms with Crippen LogP contribution in [-0.2, 0) is 6.42 Å². The molecule has 4 heteroatoms. The van der Waals surface area contributed by atoms with Gasteiger partial charge in [0.2, 0.25) is 0 Å². The van der Waals surface area contributed by atoms with Gasteiger partial charge < -0.3 is 9.88 Å². The summed E-state index contributed by atoms with van der Waals surface area (Å²) in [6.45, 7) is 0.757. The minimum Gasteiger partial charge on any atom is -0.334 e. The predicted octanol–water partition coefficient (Wildman–Crippen LogP) is 3.77. The maximum absolute atomic E-state index is 13.0. The van der Waals surface area contributed by atoms with E-state index in [0.29, 0.717) is 11.1 Å². The lowest BCUT2D eigenvalue weighted by molar-refractivity contribution is 0.0724. The third-order valence-electron chi connectivity index (χ3n) is 5.23. The van der Waals surface area contributed by atoms with Crippen molar-refractivity contribution in [1.29, 1.82) is 0 Å². The van der Waals surface area contributed by atoms with Gasteiger partial charge in [0.25, 0.3) is 11.5 Å². The number of carbonyl (C=O) groups excluding carboxylic acids is 1. The van der Waals surface area contributed by atoms with E-state index in [2.05, 4.69) is 17.1 Å². The van der Waals surface area contributed by atoms with Crippen molar-refractivity contribution < 1.29 is 4.79 Å². The summed E-state index contributed by atoms with van der Waals surface area (Å²) in [5.74, 6) is -0.0663. The van der Waals surface area contributed by atoms with Crippen LogP contribution in [0.5, 0.6) is 0 Å². The molecule has 1 aliphatic heterocycles. The smallest absolute Gasteiger partial charge is 0.270 e.